The molecule has 0 atom stereocenters. The molecule has 8 heteroatoms. The van der Waals surface area contributed by atoms with Crippen LogP contribution in [0.3, 0.4) is 0 Å². The number of hydrogen-bond donors (Lipinski definition) is 3. The fourth-order valence-corrected chi connectivity index (χ4v) is 3.67. The van der Waals surface area contributed by atoms with E-state index in [0.29, 0.717) is 30.1 Å². The van der Waals surface area contributed by atoms with Crippen molar-refractivity contribution in [3.05, 3.63) is 89.0 Å². The largest absolute Gasteiger partial charge is 0.495 e. The third kappa shape index (κ3) is 7.59. The Labute approximate surface area is 210 Å². The van der Waals surface area contributed by atoms with Crippen LogP contribution in [-0.2, 0) is 29.0 Å². The molecule has 0 aliphatic rings. The van der Waals surface area contributed by atoms with E-state index in [0.717, 1.165) is 22.3 Å². The first-order valence-electron chi connectivity index (χ1n) is 11.6. The molecule has 3 N–H and O–H groups in total. The van der Waals surface area contributed by atoms with Crippen molar-refractivity contribution in [3.63, 3.8) is 0 Å². The zero-order valence-corrected chi connectivity index (χ0v) is 20.7. The van der Waals surface area contributed by atoms with Gasteiger partial charge in [-0.1, -0.05) is 48.5 Å². The number of carboxylic acids is 1. The summed E-state index contributed by atoms with van der Waals surface area (Å²) in [5, 5.41) is 14.4. The summed E-state index contributed by atoms with van der Waals surface area (Å²) < 4.78 is 5.44. The van der Waals surface area contributed by atoms with Crippen molar-refractivity contribution in [2.45, 2.75) is 32.7 Å². The van der Waals surface area contributed by atoms with Crippen LogP contribution < -0.4 is 15.4 Å². The van der Waals surface area contributed by atoms with E-state index in [4.69, 9.17) is 9.84 Å². The lowest BCUT2D eigenvalue weighted by atomic mass is 10.1. The Balaban J connectivity index is 1.57. The number of methoxy groups -OCH3 is 1. The van der Waals surface area contributed by atoms with Gasteiger partial charge in [0.2, 0.25) is 5.91 Å². The fourth-order valence-electron chi connectivity index (χ4n) is 3.67. The third-order valence-electron chi connectivity index (χ3n) is 5.76. The highest BCUT2D eigenvalue weighted by Gasteiger charge is 2.14. The van der Waals surface area contributed by atoms with Gasteiger partial charge < -0.3 is 25.4 Å². The molecule has 0 aliphatic carbocycles. The average Bonchev–Trinajstić information content (AvgIpc) is 2.85. The van der Waals surface area contributed by atoms with E-state index in [1.165, 1.54) is 7.11 Å². The maximum atomic E-state index is 12.8. The van der Waals surface area contributed by atoms with Crippen molar-refractivity contribution in [2.75, 3.05) is 24.8 Å². The minimum atomic E-state index is -0.824. The number of carbonyl (C=O) groups is 3. The first-order valence-corrected chi connectivity index (χ1v) is 11.6. The van der Waals surface area contributed by atoms with E-state index < -0.39 is 5.97 Å². The van der Waals surface area contributed by atoms with Gasteiger partial charge in [-0.3, -0.25) is 9.59 Å². The van der Waals surface area contributed by atoms with E-state index in [9.17, 15) is 14.4 Å². The zero-order valence-electron chi connectivity index (χ0n) is 20.7. The molecule has 8 nitrogen and oxygen atoms in total. The molecular weight excluding hydrogens is 458 g/mol. The maximum Gasteiger partial charge on any atom is 0.323 e. The molecule has 0 spiro atoms. The second-order valence-corrected chi connectivity index (χ2v) is 8.57. The van der Waals surface area contributed by atoms with Gasteiger partial charge in [0.05, 0.1) is 19.2 Å². The van der Waals surface area contributed by atoms with Crippen LogP contribution in [0.15, 0.2) is 66.7 Å². The smallest absolute Gasteiger partial charge is 0.323 e. The highest BCUT2D eigenvalue weighted by atomic mass is 16.5. The Hall–Kier alpha value is -4.33. The van der Waals surface area contributed by atoms with Crippen LogP contribution in [0.4, 0.5) is 16.2 Å². The van der Waals surface area contributed by atoms with E-state index in [1.54, 1.807) is 30.1 Å². The summed E-state index contributed by atoms with van der Waals surface area (Å²) in [5.41, 5.74) is 4.83. The number of carboxylic acid groups (broad SMARTS) is 1. The molecule has 0 aromatic heterocycles. The second kappa shape index (κ2) is 12.4. The number of hydrogen-bond acceptors (Lipinski definition) is 4. The number of benzene rings is 3. The molecule has 3 amide bonds. The maximum absolute atomic E-state index is 12.8. The minimum absolute atomic E-state index is 0.0648. The van der Waals surface area contributed by atoms with Gasteiger partial charge >= 0.3 is 12.0 Å². The van der Waals surface area contributed by atoms with Crippen LogP contribution in [-0.4, -0.2) is 42.1 Å². The van der Waals surface area contributed by atoms with Crippen LogP contribution in [0, 0.1) is 6.92 Å². The lowest BCUT2D eigenvalue weighted by Crippen LogP contribution is -2.27. The first-order chi connectivity index (χ1) is 17.2. The van der Waals surface area contributed by atoms with Crippen LogP contribution >= 0.6 is 0 Å². The number of rotatable bonds is 10. The zero-order chi connectivity index (χ0) is 26.1. The molecule has 0 aliphatic heterocycles. The Morgan fingerprint density at radius 3 is 2.19 bits per heavy atom. The van der Waals surface area contributed by atoms with Crippen LogP contribution in [0.25, 0.3) is 0 Å². The summed E-state index contributed by atoms with van der Waals surface area (Å²) in [5.74, 6) is -0.430. The van der Waals surface area contributed by atoms with Crippen LogP contribution in [0.2, 0.25) is 0 Å². The highest BCUT2D eigenvalue weighted by molar-refractivity contribution is 6.01. The standard InChI is InChI=1S/C28H31N3O5/c1-19-6-4-5-7-23(19)29-28(35)30-24-14-12-22(16-25(24)36-3)17-26(32)31(2)18-21-10-8-20(9-11-21)13-15-27(33)34/h4-12,14,16H,13,15,17-18H2,1-3H3,(H,33,34)(H2,29,30,35). The minimum Gasteiger partial charge on any atom is -0.495 e. The number of carbonyl (C=O) groups excluding carboxylic acids is 2. The van der Waals surface area contributed by atoms with Gasteiger partial charge in [-0.25, -0.2) is 4.79 Å². The normalized spacial score (nSPS) is 10.4. The monoisotopic (exact) mass is 489 g/mol. The number of aryl methyl sites for hydroxylation is 2. The summed E-state index contributed by atoms with van der Waals surface area (Å²) in [4.78, 5) is 37.6. The number of likely N-dealkylation sites (N-methyl/N-ethyl adjacent to an activating group) is 1. The first kappa shape index (κ1) is 26.3. The van der Waals surface area contributed by atoms with Crippen molar-refractivity contribution in [3.8, 4) is 5.75 Å². The number of ether oxygens (including phenoxy) is 1. The lowest BCUT2D eigenvalue weighted by Gasteiger charge is -2.18. The molecule has 3 rings (SSSR count). The molecule has 188 valence electrons. The number of aliphatic carboxylic acids is 1. The summed E-state index contributed by atoms with van der Waals surface area (Å²) >= 11 is 0. The van der Waals surface area contributed by atoms with Crippen molar-refractivity contribution in [1.82, 2.24) is 4.90 Å². The Morgan fingerprint density at radius 1 is 0.889 bits per heavy atom. The molecule has 36 heavy (non-hydrogen) atoms. The number of nitrogens with one attached hydrogen (secondary N) is 2. The third-order valence-corrected chi connectivity index (χ3v) is 5.76. The Bertz CT molecular complexity index is 1220. The number of amides is 3. The van der Waals surface area contributed by atoms with Gasteiger partial charge in [0, 0.05) is 25.7 Å². The van der Waals surface area contributed by atoms with Crippen LogP contribution in [0.1, 0.15) is 28.7 Å². The molecule has 0 unspecified atom stereocenters. The molecule has 3 aromatic carbocycles. The van der Waals surface area contributed by atoms with Crippen molar-refractivity contribution in [1.29, 1.82) is 0 Å². The molecule has 0 radical (unpaired) electrons. The van der Waals surface area contributed by atoms with Crippen molar-refractivity contribution in [2.24, 2.45) is 0 Å². The SMILES string of the molecule is COc1cc(CC(=O)N(C)Cc2ccc(CCC(=O)O)cc2)ccc1NC(=O)Nc1ccccc1C. The number of nitrogens with zero attached hydrogens (tertiary/aromatic N) is 1. The van der Waals surface area contributed by atoms with Gasteiger partial charge in [-0.15, -0.1) is 0 Å². The van der Waals surface area contributed by atoms with Crippen molar-refractivity contribution >= 4 is 29.3 Å². The van der Waals surface area contributed by atoms with Crippen LogP contribution in [0.5, 0.6) is 5.75 Å². The summed E-state index contributed by atoms with van der Waals surface area (Å²) in [6.45, 7) is 2.35. The second-order valence-electron chi connectivity index (χ2n) is 8.57. The lowest BCUT2D eigenvalue weighted by molar-refractivity contribution is -0.137. The average molecular weight is 490 g/mol. The molecular formula is C28H31N3O5. The number of para-hydroxylation sites is 1. The van der Waals surface area contributed by atoms with Gasteiger partial charge in [-0.05, 0) is 53.8 Å². The summed E-state index contributed by atoms with van der Waals surface area (Å²) in [6.07, 6.45) is 0.747. The predicted molar refractivity (Wildman–Crippen MR) is 139 cm³/mol. The number of urea groups is 1. The van der Waals surface area contributed by atoms with Crippen molar-refractivity contribution < 1.29 is 24.2 Å². The molecule has 0 saturated heterocycles. The van der Waals surface area contributed by atoms with E-state index >= 15 is 0 Å². The van der Waals surface area contributed by atoms with E-state index in [2.05, 4.69) is 10.6 Å². The van der Waals surface area contributed by atoms with Gasteiger partial charge in [0.25, 0.3) is 0 Å². The number of anilines is 2. The topological polar surface area (TPSA) is 108 Å². The molecule has 3 aromatic rings. The van der Waals surface area contributed by atoms with Gasteiger partial charge in [0.1, 0.15) is 5.75 Å². The predicted octanol–water partition coefficient (Wildman–Crippen LogP) is 4.87. The Morgan fingerprint density at radius 2 is 1.53 bits per heavy atom. The van der Waals surface area contributed by atoms with E-state index in [1.807, 2.05) is 55.5 Å². The van der Waals surface area contributed by atoms with Gasteiger partial charge in [0.15, 0.2) is 0 Å². The van der Waals surface area contributed by atoms with E-state index in [-0.39, 0.29) is 24.8 Å². The Kier molecular flexibility index (Phi) is 9.05. The highest BCUT2D eigenvalue weighted by Crippen LogP contribution is 2.26. The molecule has 0 heterocycles. The van der Waals surface area contributed by atoms with Gasteiger partial charge in [-0.2, -0.15) is 0 Å². The quantitative estimate of drug-likeness (QED) is 0.377. The molecule has 0 fully saturated rings. The fraction of sp³-hybridized carbons (Fsp3) is 0.250. The summed E-state index contributed by atoms with van der Waals surface area (Å²) in [7, 11) is 3.25. The molecule has 0 bridgehead atoms. The molecule has 0 saturated carbocycles. The summed E-state index contributed by atoms with van der Waals surface area (Å²) in [6, 6.07) is 19.9.